The predicted molar refractivity (Wildman–Crippen MR) is 173 cm³/mol. The Balaban J connectivity index is 1.26. The molecule has 45 heavy (non-hydrogen) atoms. The summed E-state index contributed by atoms with van der Waals surface area (Å²) >= 11 is 0. The summed E-state index contributed by atoms with van der Waals surface area (Å²) in [5.74, 6) is -1.04. The largest absolute Gasteiger partial charge is 0.481 e. The average molecular weight is 615 g/mol. The number of ether oxygens (including phenoxy) is 2. The molecule has 1 amide bonds. The second kappa shape index (κ2) is 16.7. The molecule has 0 spiro atoms. The third-order valence-corrected chi connectivity index (χ3v) is 8.75. The van der Waals surface area contributed by atoms with Crippen LogP contribution in [0.5, 0.6) is 0 Å². The highest BCUT2D eigenvalue weighted by Crippen LogP contribution is 2.39. The van der Waals surface area contributed by atoms with Crippen LogP contribution < -0.4 is 5.32 Å². The summed E-state index contributed by atoms with van der Waals surface area (Å²) in [7, 11) is 0. The van der Waals surface area contributed by atoms with E-state index in [-0.39, 0.29) is 37.6 Å². The maximum Gasteiger partial charge on any atom is 0.303 e. The van der Waals surface area contributed by atoms with Crippen LogP contribution in [-0.2, 0) is 32.2 Å². The van der Waals surface area contributed by atoms with Crippen LogP contribution in [-0.4, -0.2) is 52.7 Å². The SMILES string of the molecule is O=C(O)CCCC(=O)NCc1cccc(-c2ccc([C@@H]3O[C@H](CN4CCCCCCC4)C[C@H](c4ccc(CO)cc4)O3)cc2)c1. The van der Waals surface area contributed by atoms with Crippen LogP contribution in [0.3, 0.4) is 0 Å². The molecule has 5 rings (SSSR count). The molecule has 2 aliphatic rings. The van der Waals surface area contributed by atoms with E-state index in [1.54, 1.807) is 0 Å². The van der Waals surface area contributed by atoms with Gasteiger partial charge in [0.1, 0.15) is 0 Å². The minimum absolute atomic E-state index is 0.00663. The lowest BCUT2D eigenvalue weighted by Crippen LogP contribution is -2.40. The Bertz CT molecular complexity index is 1370. The van der Waals surface area contributed by atoms with Gasteiger partial charge >= 0.3 is 5.97 Å². The molecule has 0 aromatic heterocycles. The summed E-state index contributed by atoms with van der Waals surface area (Å²) in [6, 6.07) is 24.4. The minimum atomic E-state index is -0.889. The molecule has 0 unspecified atom stereocenters. The van der Waals surface area contributed by atoms with Gasteiger partial charge in [0.05, 0.1) is 18.8 Å². The molecule has 3 atom stereocenters. The lowest BCUT2D eigenvalue weighted by atomic mass is 9.98. The van der Waals surface area contributed by atoms with Gasteiger partial charge in [-0.25, -0.2) is 0 Å². The molecule has 0 bridgehead atoms. The quantitative estimate of drug-likeness (QED) is 0.213. The number of hydrogen-bond acceptors (Lipinski definition) is 6. The van der Waals surface area contributed by atoms with Crippen molar-refractivity contribution in [2.75, 3.05) is 19.6 Å². The van der Waals surface area contributed by atoms with E-state index in [4.69, 9.17) is 14.6 Å². The van der Waals surface area contributed by atoms with Gasteiger partial charge in [-0.3, -0.25) is 9.59 Å². The van der Waals surface area contributed by atoms with Gasteiger partial charge in [0.25, 0.3) is 0 Å². The van der Waals surface area contributed by atoms with Gasteiger partial charge in [-0.2, -0.15) is 0 Å². The Kier molecular flexibility index (Phi) is 12.2. The number of nitrogens with one attached hydrogen (secondary N) is 1. The number of carbonyl (C=O) groups is 2. The fraction of sp³-hybridized carbons (Fsp3) is 0.459. The summed E-state index contributed by atoms with van der Waals surface area (Å²) in [6.45, 7) is 3.53. The Morgan fingerprint density at radius 2 is 1.51 bits per heavy atom. The van der Waals surface area contributed by atoms with Crippen molar-refractivity contribution in [3.8, 4) is 11.1 Å². The van der Waals surface area contributed by atoms with Crippen molar-refractivity contribution in [3.05, 3.63) is 95.1 Å². The monoisotopic (exact) mass is 614 g/mol. The zero-order valence-electron chi connectivity index (χ0n) is 26.0. The van der Waals surface area contributed by atoms with Gasteiger partial charge in [-0.05, 0) is 66.2 Å². The van der Waals surface area contributed by atoms with Crippen LogP contribution >= 0.6 is 0 Å². The topological polar surface area (TPSA) is 108 Å². The Labute approximate surface area is 266 Å². The normalized spacial score (nSPS) is 21.0. The molecule has 3 aromatic carbocycles. The second-order valence-corrected chi connectivity index (χ2v) is 12.3. The van der Waals surface area contributed by atoms with Crippen molar-refractivity contribution in [3.63, 3.8) is 0 Å². The molecule has 3 N–H and O–H groups in total. The number of rotatable bonds is 12. The third kappa shape index (κ3) is 9.96. The highest BCUT2D eigenvalue weighted by atomic mass is 16.7. The van der Waals surface area contributed by atoms with Crippen LogP contribution in [0, 0.1) is 0 Å². The van der Waals surface area contributed by atoms with E-state index < -0.39 is 12.3 Å². The van der Waals surface area contributed by atoms with E-state index >= 15 is 0 Å². The van der Waals surface area contributed by atoms with E-state index in [9.17, 15) is 14.7 Å². The fourth-order valence-electron chi connectivity index (χ4n) is 6.20. The number of benzene rings is 3. The molecule has 2 fully saturated rings. The van der Waals surface area contributed by atoms with Gasteiger partial charge in [0.15, 0.2) is 6.29 Å². The standard InChI is InChI=1S/C37H46N2O6/c40-26-27-12-14-30(15-13-27)34-23-33(25-39-20-4-2-1-3-5-21-39)44-37(45-34)31-18-16-29(17-19-31)32-9-6-8-28(22-32)24-38-35(41)10-7-11-36(42)43/h6,8-9,12-19,22,33-34,37,40H,1-5,7,10-11,20-21,23-26H2,(H,38,41)(H,42,43)/t33-,34+,37+/m0/s1. The average Bonchev–Trinajstić information content (AvgIpc) is 3.05. The maximum absolute atomic E-state index is 12.1. The van der Waals surface area contributed by atoms with E-state index in [1.165, 1.54) is 32.1 Å². The number of aliphatic hydroxyl groups excluding tert-OH is 1. The van der Waals surface area contributed by atoms with Gasteiger partial charge in [-0.15, -0.1) is 0 Å². The minimum Gasteiger partial charge on any atom is -0.481 e. The lowest BCUT2D eigenvalue weighted by Gasteiger charge is -2.38. The molecule has 3 aromatic rings. The summed E-state index contributed by atoms with van der Waals surface area (Å²) in [5.41, 5.74) is 6.03. The maximum atomic E-state index is 12.1. The number of carboxylic acids is 1. The first-order chi connectivity index (χ1) is 22.0. The van der Waals surface area contributed by atoms with Gasteiger partial charge < -0.3 is 29.9 Å². The molecular formula is C37H46N2O6. The van der Waals surface area contributed by atoms with Crippen LogP contribution in [0.25, 0.3) is 11.1 Å². The van der Waals surface area contributed by atoms with Crippen LogP contribution in [0.2, 0.25) is 0 Å². The predicted octanol–water partition coefficient (Wildman–Crippen LogP) is 6.53. The first-order valence-corrected chi connectivity index (χ1v) is 16.4. The number of amides is 1. The van der Waals surface area contributed by atoms with Crippen molar-refractivity contribution in [2.24, 2.45) is 0 Å². The molecule has 8 heteroatoms. The highest BCUT2D eigenvalue weighted by Gasteiger charge is 2.33. The van der Waals surface area contributed by atoms with Gasteiger partial charge in [0.2, 0.25) is 5.91 Å². The highest BCUT2D eigenvalue weighted by molar-refractivity contribution is 5.76. The van der Waals surface area contributed by atoms with E-state index in [0.717, 1.165) is 59.4 Å². The van der Waals surface area contributed by atoms with Crippen molar-refractivity contribution >= 4 is 11.9 Å². The first kappa shape index (κ1) is 32.8. The number of aliphatic hydroxyl groups is 1. The van der Waals surface area contributed by atoms with Crippen LogP contribution in [0.1, 0.15) is 92.4 Å². The fourth-order valence-corrected chi connectivity index (χ4v) is 6.20. The molecule has 2 heterocycles. The first-order valence-electron chi connectivity index (χ1n) is 16.4. The molecular weight excluding hydrogens is 568 g/mol. The number of aliphatic carboxylic acids is 1. The molecule has 2 aliphatic heterocycles. The van der Waals surface area contributed by atoms with E-state index in [2.05, 4.69) is 52.7 Å². The molecule has 0 saturated carbocycles. The zero-order valence-corrected chi connectivity index (χ0v) is 26.0. The summed E-state index contributed by atoms with van der Waals surface area (Å²) in [5, 5.41) is 21.2. The van der Waals surface area contributed by atoms with Crippen molar-refractivity contribution < 1.29 is 29.3 Å². The Morgan fingerprint density at radius 3 is 2.22 bits per heavy atom. The Hall–Kier alpha value is -3.56. The lowest BCUT2D eigenvalue weighted by molar-refractivity contribution is -0.253. The van der Waals surface area contributed by atoms with Gasteiger partial charge in [0, 0.05) is 37.9 Å². The summed E-state index contributed by atoms with van der Waals surface area (Å²) < 4.78 is 13.2. The van der Waals surface area contributed by atoms with Crippen LogP contribution in [0.4, 0.5) is 0 Å². The zero-order chi connectivity index (χ0) is 31.4. The van der Waals surface area contributed by atoms with Crippen LogP contribution in [0.15, 0.2) is 72.8 Å². The number of carbonyl (C=O) groups excluding carboxylic acids is 1. The van der Waals surface area contributed by atoms with Crippen molar-refractivity contribution in [2.45, 2.75) is 89.4 Å². The molecule has 240 valence electrons. The van der Waals surface area contributed by atoms with Crippen molar-refractivity contribution in [1.82, 2.24) is 10.2 Å². The van der Waals surface area contributed by atoms with Gasteiger partial charge in [-0.1, -0.05) is 86.0 Å². The molecule has 0 aliphatic carbocycles. The van der Waals surface area contributed by atoms with Crippen molar-refractivity contribution in [1.29, 1.82) is 0 Å². The molecule has 0 radical (unpaired) electrons. The summed E-state index contributed by atoms with van der Waals surface area (Å²) in [6.07, 6.45) is 7.16. The Morgan fingerprint density at radius 1 is 0.800 bits per heavy atom. The molecule has 8 nitrogen and oxygen atoms in total. The third-order valence-electron chi connectivity index (χ3n) is 8.75. The number of hydrogen-bond donors (Lipinski definition) is 3. The van der Waals surface area contributed by atoms with E-state index in [1.807, 2.05) is 30.3 Å². The van der Waals surface area contributed by atoms with E-state index in [0.29, 0.717) is 13.0 Å². The number of carboxylic acid groups (broad SMARTS) is 1. The smallest absolute Gasteiger partial charge is 0.303 e. The number of nitrogens with zero attached hydrogens (tertiary/aromatic N) is 1. The summed E-state index contributed by atoms with van der Waals surface area (Å²) in [4.78, 5) is 25.4. The molecule has 2 saturated heterocycles. The number of likely N-dealkylation sites (tertiary alicyclic amines) is 1. The second-order valence-electron chi connectivity index (χ2n) is 12.3.